The molecule has 1 N–H and O–H groups in total. The van der Waals surface area contributed by atoms with Crippen LogP contribution in [0.1, 0.15) is 24.6 Å². The van der Waals surface area contributed by atoms with Gasteiger partial charge in [-0.3, -0.25) is 0 Å². The van der Waals surface area contributed by atoms with Crippen molar-refractivity contribution in [2.75, 3.05) is 13.1 Å². The topological polar surface area (TPSA) is 37.8 Å². The third-order valence-corrected chi connectivity index (χ3v) is 4.25. The van der Waals surface area contributed by atoms with Crippen LogP contribution in [0.5, 0.6) is 0 Å². The summed E-state index contributed by atoms with van der Waals surface area (Å²) >= 11 is 3.56. The van der Waals surface area contributed by atoms with E-state index in [0.29, 0.717) is 5.92 Å². The minimum Gasteiger partial charge on any atom is -0.317 e. The molecule has 0 amide bonds. The average Bonchev–Trinajstić information content (AvgIpc) is 2.49. The molecule has 1 aliphatic heterocycles. The third-order valence-electron chi connectivity index (χ3n) is 3.56. The normalized spacial score (nSPS) is 16.5. The second-order valence-corrected chi connectivity index (χ2v) is 5.69. The van der Waals surface area contributed by atoms with Crippen molar-refractivity contribution >= 4 is 15.9 Å². The molecule has 0 atom stereocenters. The molecule has 0 saturated carbocycles. The van der Waals surface area contributed by atoms with E-state index in [0.717, 1.165) is 47.4 Å². The lowest BCUT2D eigenvalue weighted by atomic mass is 9.97. The molecule has 3 nitrogen and oxygen atoms in total. The van der Waals surface area contributed by atoms with Gasteiger partial charge in [0, 0.05) is 28.3 Å². The van der Waals surface area contributed by atoms with E-state index in [1.165, 1.54) is 0 Å². The van der Waals surface area contributed by atoms with E-state index in [4.69, 9.17) is 0 Å². The Labute approximate surface area is 121 Å². The van der Waals surface area contributed by atoms with Crippen LogP contribution in [-0.2, 0) is 0 Å². The second kappa shape index (κ2) is 5.80. The highest BCUT2D eigenvalue weighted by Crippen LogP contribution is 2.28. The van der Waals surface area contributed by atoms with Gasteiger partial charge < -0.3 is 5.32 Å². The smallest absolute Gasteiger partial charge is 0.131 e. The van der Waals surface area contributed by atoms with E-state index >= 15 is 0 Å². The van der Waals surface area contributed by atoms with Gasteiger partial charge in [0.25, 0.3) is 0 Å². The molecule has 3 rings (SSSR count). The molecule has 2 heterocycles. The molecule has 0 spiro atoms. The number of hydrogen-bond acceptors (Lipinski definition) is 3. The zero-order valence-corrected chi connectivity index (χ0v) is 12.2. The summed E-state index contributed by atoms with van der Waals surface area (Å²) in [5.41, 5.74) is 2.20. The van der Waals surface area contributed by atoms with E-state index in [1.807, 2.05) is 30.6 Å². The van der Waals surface area contributed by atoms with Crippen LogP contribution in [0.2, 0.25) is 0 Å². The number of aromatic nitrogens is 2. The van der Waals surface area contributed by atoms with E-state index in [-0.39, 0.29) is 0 Å². The standard InChI is InChI=1S/C15H16BrN3/c16-14-4-2-1-3-13(14)12-9-18-15(19-10-12)11-5-7-17-8-6-11/h1-4,9-11,17H,5-8H2. The van der Waals surface area contributed by atoms with Gasteiger partial charge in [0.2, 0.25) is 0 Å². The minimum absolute atomic E-state index is 0.509. The average molecular weight is 318 g/mol. The first-order valence-electron chi connectivity index (χ1n) is 6.62. The third kappa shape index (κ3) is 2.85. The number of hydrogen-bond donors (Lipinski definition) is 1. The number of nitrogens with zero attached hydrogens (tertiary/aromatic N) is 2. The van der Waals surface area contributed by atoms with E-state index in [9.17, 15) is 0 Å². The van der Waals surface area contributed by atoms with E-state index < -0.39 is 0 Å². The Bertz CT molecular complexity index is 548. The first-order valence-corrected chi connectivity index (χ1v) is 7.41. The summed E-state index contributed by atoms with van der Waals surface area (Å²) in [6.07, 6.45) is 6.14. The number of nitrogens with one attached hydrogen (secondary N) is 1. The Morgan fingerprint density at radius 1 is 1.05 bits per heavy atom. The minimum atomic E-state index is 0.509. The molecular formula is C15H16BrN3. The fourth-order valence-corrected chi connectivity index (χ4v) is 2.98. The lowest BCUT2D eigenvalue weighted by Gasteiger charge is -2.21. The van der Waals surface area contributed by atoms with Gasteiger partial charge in [0.15, 0.2) is 0 Å². The lowest BCUT2D eigenvalue weighted by molar-refractivity contribution is 0.445. The van der Waals surface area contributed by atoms with Crippen molar-refractivity contribution in [3.8, 4) is 11.1 Å². The van der Waals surface area contributed by atoms with Gasteiger partial charge >= 0.3 is 0 Å². The van der Waals surface area contributed by atoms with Gasteiger partial charge in [0.05, 0.1) is 0 Å². The maximum atomic E-state index is 4.56. The quantitative estimate of drug-likeness (QED) is 0.922. The monoisotopic (exact) mass is 317 g/mol. The SMILES string of the molecule is Brc1ccccc1-c1cnc(C2CCNCC2)nc1. The highest BCUT2D eigenvalue weighted by molar-refractivity contribution is 9.10. The number of benzene rings is 1. The zero-order chi connectivity index (χ0) is 13.1. The number of piperidine rings is 1. The van der Waals surface area contributed by atoms with E-state index in [1.54, 1.807) is 0 Å². The molecule has 1 saturated heterocycles. The Morgan fingerprint density at radius 2 is 1.74 bits per heavy atom. The molecule has 1 aromatic heterocycles. The van der Waals surface area contributed by atoms with Crippen LogP contribution in [0.25, 0.3) is 11.1 Å². The number of rotatable bonds is 2. The molecule has 1 aromatic carbocycles. The molecule has 0 radical (unpaired) electrons. The lowest BCUT2D eigenvalue weighted by Crippen LogP contribution is -2.27. The summed E-state index contributed by atoms with van der Waals surface area (Å²) in [4.78, 5) is 9.12. The van der Waals surface area contributed by atoms with Gasteiger partial charge in [0.1, 0.15) is 5.82 Å². The first kappa shape index (κ1) is 12.8. The van der Waals surface area contributed by atoms with Crippen molar-refractivity contribution in [2.24, 2.45) is 0 Å². The molecule has 4 heteroatoms. The van der Waals surface area contributed by atoms with Crippen LogP contribution in [0.3, 0.4) is 0 Å². The predicted molar refractivity (Wildman–Crippen MR) is 80.0 cm³/mol. The Morgan fingerprint density at radius 3 is 2.42 bits per heavy atom. The molecule has 1 aliphatic rings. The van der Waals surface area contributed by atoms with Gasteiger partial charge in [-0.25, -0.2) is 9.97 Å². The van der Waals surface area contributed by atoms with Crippen LogP contribution < -0.4 is 5.32 Å². The maximum Gasteiger partial charge on any atom is 0.131 e. The Hall–Kier alpha value is -1.26. The molecule has 98 valence electrons. The van der Waals surface area contributed by atoms with Crippen molar-refractivity contribution in [3.05, 3.63) is 47.0 Å². The Balaban J connectivity index is 1.84. The van der Waals surface area contributed by atoms with Crippen molar-refractivity contribution in [1.82, 2.24) is 15.3 Å². The molecule has 2 aromatic rings. The molecule has 19 heavy (non-hydrogen) atoms. The van der Waals surface area contributed by atoms with Gasteiger partial charge in [-0.15, -0.1) is 0 Å². The first-order chi connectivity index (χ1) is 9.34. The summed E-state index contributed by atoms with van der Waals surface area (Å²) in [5.74, 6) is 1.49. The Kier molecular flexibility index (Phi) is 3.89. The van der Waals surface area contributed by atoms with Crippen molar-refractivity contribution < 1.29 is 0 Å². The summed E-state index contributed by atoms with van der Waals surface area (Å²) in [6, 6.07) is 8.15. The summed E-state index contributed by atoms with van der Waals surface area (Å²) < 4.78 is 1.08. The zero-order valence-electron chi connectivity index (χ0n) is 10.6. The fraction of sp³-hybridized carbons (Fsp3) is 0.333. The van der Waals surface area contributed by atoms with Crippen LogP contribution in [0, 0.1) is 0 Å². The highest BCUT2D eigenvalue weighted by atomic mass is 79.9. The van der Waals surface area contributed by atoms with Gasteiger partial charge in [-0.05, 0) is 37.6 Å². The largest absolute Gasteiger partial charge is 0.317 e. The summed E-state index contributed by atoms with van der Waals surface area (Å²) in [6.45, 7) is 2.14. The molecule has 0 bridgehead atoms. The van der Waals surface area contributed by atoms with E-state index in [2.05, 4.69) is 37.3 Å². The van der Waals surface area contributed by atoms with Crippen molar-refractivity contribution in [3.63, 3.8) is 0 Å². The predicted octanol–water partition coefficient (Wildman–Crippen LogP) is 3.37. The molecule has 0 unspecified atom stereocenters. The number of halogens is 1. The molecule has 1 fully saturated rings. The summed E-state index contributed by atoms with van der Waals surface area (Å²) in [5, 5.41) is 3.37. The van der Waals surface area contributed by atoms with Crippen LogP contribution in [-0.4, -0.2) is 23.1 Å². The summed E-state index contributed by atoms with van der Waals surface area (Å²) in [7, 11) is 0. The van der Waals surface area contributed by atoms with Crippen LogP contribution in [0.15, 0.2) is 41.1 Å². The van der Waals surface area contributed by atoms with Crippen LogP contribution >= 0.6 is 15.9 Å². The van der Waals surface area contributed by atoms with Crippen molar-refractivity contribution in [1.29, 1.82) is 0 Å². The molecule has 0 aliphatic carbocycles. The fourth-order valence-electron chi connectivity index (χ4n) is 2.46. The van der Waals surface area contributed by atoms with Crippen molar-refractivity contribution in [2.45, 2.75) is 18.8 Å². The molecular weight excluding hydrogens is 302 g/mol. The van der Waals surface area contributed by atoms with Crippen LogP contribution in [0.4, 0.5) is 0 Å². The van der Waals surface area contributed by atoms with Gasteiger partial charge in [-0.1, -0.05) is 34.1 Å². The highest BCUT2D eigenvalue weighted by Gasteiger charge is 2.17. The second-order valence-electron chi connectivity index (χ2n) is 4.83. The maximum absolute atomic E-state index is 4.56. The van der Waals surface area contributed by atoms with Gasteiger partial charge in [-0.2, -0.15) is 0 Å².